The Kier molecular flexibility index (Phi) is 56.8. The normalized spacial score (nSPS) is 11.4. The molecular formula is C44H82GdN5O22. The van der Waals surface area contributed by atoms with E-state index in [0.29, 0.717) is 145 Å². The summed E-state index contributed by atoms with van der Waals surface area (Å²) < 4.78 is 74.7. The van der Waals surface area contributed by atoms with Crippen LogP contribution in [0, 0.1) is 39.9 Å². The van der Waals surface area contributed by atoms with E-state index in [2.05, 4.69) is 10.6 Å². The first-order chi connectivity index (χ1) is 34.6. The summed E-state index contributed by atoms with van der Waals surface area (Å²) in [6, 6.07) is 0. The fraction of sp³-hybridized carbons (Fsp3) is 0.886. The van der Waals surface area contributed by atoms with Crippen molar-refractivity contribution in [2.24, 2.45) is 0 Å². The number of methoxy groups -OCH3 is 2. The van der Waals surface area contributed by atoms with Crippen molar-refractivity contribution < 1.29 is 146 Å². The van der Waals surface area contributed by atoms with Crippen LogP contribution < -0.4 is 26.0 Å². The largest absolute Gasteiger partial charge is 3.00 e. The van der Waals surface area contributed by atoms with Gasteiger partial charge in [0.25, 0.3) is 0 Å². The monoisotopic (exact) mass is 1190 g/mol. The Morgan fingerprint density at radius 2 is 0.500 bits per heavy atom. The molecule has 0 saturated heterocycles. The average molecular weight is 1190 g/mol. The molecule has 0 saturated carbocycles. The van der Waals surface area contributed by atoms with Crippen molar-refractivity contribution in [1.82, 2.24) is 25.3 Å². The van der Waals surface area contributed by atoms with Gasteiger partial charge in [-0.15, -0.1) is 0 Å². The van der Waals surface area contributed by atoms with Crippen molar-refractivity contribution in [3.8, 4) is 0 Å². The summed E-state index contributed by atoms with van der Waals surface area (Å²) in [4.78, 5) is 63.5. The molecule has 0 aromatic rings. The van der Waals surface area contributed by atoms with Crippen molar-refractivity contribution in [3.63, 3.8) is 0 Å². The first kappa shape index (κ1) is 72.1. The molecular weight excluding hydrogens is 1110 g/mol. The van der Waals surface area contributed by atoms with Crippen LogP contribution in [-0.2, 0) is 90.3 Å². The SMILES string of the molecule is COCCOCCOCCOCCOCCOCCOCCNC(=O)CN(CCN(CCN(CC(=O)[O-])CC(=O)NCCOCCOCCOCCOCCOCCOCCOC)CC(=O)[O-])CC(=O)[O-].[Gd+3]. The molecule has 0 unspecified atom stereocenters. The Balaban J connectivity index is 0. The molecule has 0 bridgehead atoms. The fourth-order valence-electron chi connectivity index (χ4n) is 5.54. The van der Waals surface area contributed by atoms with Crippen molar-refractivity contribution in [2.75, 3.05) is 258 Å². The van der Waals surface area contributed by atoms with E-state index < -0.39 is 49.4 Å². The fourth-order valence-corrected chi connectivity index (χ4v) is 5.54. The molecule has 2 amide bonds. The molecule has 1 radical (unpaired) electrons. The first-order valence-electron chi connectivity index (χ1n) is 23.8. The summed E-state index contributed by atoms with van der Waals surface area (Å²) in [5.41, 5.74) is 0. The van der Waals surface area contributed by atoms with E-state index in [1.807, 2.05) is 0 Å². The Bertz CT molecular complexity index is 1190. The third-order valence-corrected chi connectivity index (χ3v) is 8.98. The van der Waals surface area contributed by atoms with E-state index in [-0.39, 0.29) is 119 Å². The van der Waals surface area contributed by atoms with Gasteiger partial charge in [0.15, 0.2) is 0 Å². The van der Waals surface area contributed by atoms with Crippen molar-refractivity contribution >= 4 is 29.7 Å². The molecule has 0 rings (SSSR count). The summed E-state index contributed by atoms with van der Waals surface area (Å²) in [7, 11) is 3.23. The van der Waals surface area contributed by atoms with Crippen molar-refractivity contribution in [2.45, 2.75) is 0 Å². The van der Waals surface area contributed by atoms with Crippen LogP contribution >= 0.6 is 0 Å². The topological polar surface area (TPSA) is 318 Å². The van der Waals surface area contributed by atoms with Gasteiger partial charge in [0, 0.05) is 73.1 Å². The number of carbonyl (C=O) groups excluding carboxylic acids is 5. The van der Waals surface area contributed by atoms with Crippen molar-refractivity contribution in [1.29, 1.82) is 0 Å². The maximum atomic E-state index is 12.6. The average Bonchev–Trinajstić information content (AvgIpc) is 3.32. The zero-order valence-electron chi connectivity index (χ0n) is 42.3. The minimum atomic E-state index is -1.46. The van der Waals surface area contributed by atoms with Gasteiger partial charge in [-0.25, -0.2) is 0 Å². The maximum Gasteiger partial charge on any atom is 3.00 e. The number of carbonyl (C=O) groups is 5. The number of nitrogens with one attached hydrogen (secondary N) is 2. The number of carboxylic acids is 3. The van der Waals surface area contributed by atoms with Crippen LogP contribution in [0.3, 0.4) is 0 Å². The van der Waals surface area contributed by atoms with E-state index in [1.165, 1.54) is 14.7 Å². The molecule has 0 aliphatic rings. The van der Waals surface area contributed by atoms with Gasteiger partial charge in [0.05, 0.1) is 203 Å². The smallest absolute Gasteiger partial charge is 0.549 e. The molecule has 0 aliphatic carbocycles. The van der Waals surface area contributed by atoms with E-state index >= 15 is 0 Å². The predicted octanol–water partition coefficient (Wildman–Crippen LogP) is -7.13. The molecule has 0 aromatic carbocycles. The third kappa shape index (κ3) is 55.7. The molecule has 72 heavy (non-hydrogen) atoms. The number of rotatable bonds is 58. The second-order valence-corrected chi connectivity index (χ2v) is 14.8. The van der Waals surface area contributed by atoms with Crippen LogP contribution in [0.5, 0.6) is 0 Å². The Morgan fingerprint density at radius 3 is 0.722 bits per heavy atom. The summed E-state index contributed by atoms with van der Waals surface area (Å²) >= 11 is 0. The molecule has 27 nitrogen and oxygen atoms in total. The number of carboxylic acid groups (broad SMARTS) is 3. The van der Waals surface area contributed by atoms with E-state index in [0.717, 1.165) is 0 Å². The van der Waals surface area contributed by atoms with E-state index in [1.54, 1.807) is 14.2 Å². The van der Waals surface area contributed by atoms with Gasteiger partial charge in [-0.05, 0) is 0 Å². The van der Waals surface area contributed by atoms with E-state index in [9.17, 15) is 39.3 Å². The number of hydrogen-bond donors (Lipinski definition) is 2. The predicted molar refractivity (Wildman–Crippen MR) is 244 cm³/mol. The molecule has 0 aromatic heterocycles. The number of aliphatic carboxylic acids is 3. The number of nitrogens with zero attached hydrogens (tertiary/aromatic N) is 3. The Labute approximate surface area is 456 Å². The zero-order chi connectivity index (χ0) is 52.1. The van der Waals surface area contributed by atoms with Crippen LogP contribution in [0.15, 0.2) is 0 Å². The number of amides is 2. The molecule has 0 fully saturated rings. The van der Waals surface area contributed by atoms with Gasteiger partial charge in [0.2, 0.25) is 11.8 Å². The van der Waals surface area contributed by atoms with Gasteiger partial charge in [-0.3, -0.25) is 24.3 Å². The second-order valence-electron chi connectivity index (χ2n) is 14.8. The third-order valence-electron chi connectivity index (χ3n) is 8.98. The van der Waals surface area contributed by atoms with Crippen LogP contribution in [0.2, 0.25) is 0 Å². The van der Waals surface area contributed by atoms with Crippen LogP contribution in [0.1, 0.15) is 0 Å². The minimum absolute atomic E-state index is 0. The van der Waals surface area contributed by atoms with E-state index in [4.69, 9.17) is 66.3 Å². The second kappa shape index (κ2) is 56.7. The van der Waals surface area contributed by atoms with Gasteiger partial charge in [-0.2, -0.15) is 0 Å². The van der Waals surface area contributed by atoms with Crippen LogP contribution in [0.4, 0.5) is 0 Å². The molecule has 0 aliphatic heterocycles. The minimum Gasteiger partial charge on any atom is -0.549 e. The summed E-state index contributed by atoms with van der Waals surface area (Å²) in [6.45, 7) is 8.05. The van der Waals surface area contributed by atoms with Gasteiger partial charge in [0.1, 0.15) is 0 Å². The molecule has 2 N–H and O–H groups in total. The molecule has 28 heteroatoms. The van der Waals surface area contributed by atoms with Gasteiger partial charge >= 0.3 is 39.9 Å². The maximum absolute atomic E-state index is 12.6. The molecule has 0 heterocycles. The summed E-state index contributed by atoms with van der Waals surface area (Å²) in [6.07, 6.45) is 0. The number of hydrogen-bond acceptors (Lipinski definition) is 25. The summed E-state index contributed by atoms with van der Waals surface area (Å²) in [5.74, 6) is -5.36. The van der Waals surface area contributed by atoms with Gasteiger partial charge in [-0.1, -0.05) is 0 Å². The molecule has 0 spiro atoms. The van der Waals surface area contributed by atoms with Crippen LogP contribution in [-0.4, -0.2) is 302 Å². The van der Waals surface area contributed by atoms with Crippen LogP contribution in [0.25, 0.3) is 0 Å². The quantitative estimate of drug-likeness (QED) is 0.0535. The zero-order valence-corrected chi connectivity index (χ0v) is 44.6. The van der Waals surface area contributed by atoms with Crippen molar-refractivity contribution in [3.05, 3.63) is 0 Å². The summed E-state index contributed by atoms with van der Waals surface area (Å²) in [5, 5.41) is 39.7. The Morgan fingerprint density at radius 1 is 0.306 bits per heavy atom. The number of ether oxygens (including phenoxy) is 14. The molecule has 423 valence electrons. The Hall–Kier alpha value is -2.01. The van der Waals surface area contributed by atoms with Gasteiger partial charge < -0.3 is 107 Å². The first-order valence-corrected chi connectivity index (χ1v) is 23.8. The standard InChI is InChI=1S/C44H85N5O22.Gd/c1-58-11-13-62-19-21-66-27-29-70-33-31-68-25-23-64-17-15-60-9-3-45-40(50)35-48(38-43(54)55)7-5-47(37-42(52)53)6-8-49(39-44(56)57)36-41(51)46-4-10-61-16-18-65-24-26-69-32-34-71-30-28-67-22-20-63-14-12-59-2;/h3-39H2,1-2H3,(H,45,50)(H,46,51)(H,52,53)(H,54,55)(H,56,57);/q;+3/p-3. The molecule has 0 atom stereocenters.